The summed E-state index contributed by atoms with van der Waals surface area (Å²) in [6.07, 6.45) is 3.76. The van der Waals surface area contributed by atoms with Crippen molar-refractivity contribution in [3.8, 4) is 0 Å². The van der Waals surface area contributed by atoms with E-state index in [2.05, 4.69) is 12.2 Å². The van der Waals surface area contributed by atoms with Gasteiger partial charge in [-0.25, -0.2) is 8.42 Å². The van der Waals surface area contributed by atoms with Crippen LogP contribution in [0, 0.1) is 6.92 Å². The molecule has 1 N–H and O–H groups in total. The number of anilines is 1. The Morgan fingerprint density at radius 1 is 1.04 bits per heavy atom. The minimum Gasteiger partial charge on any atom is -0.322 e. The summed E-state index contributed by atoms with van der Waals surface area (Å²) >= 11 is 0. The summed E-state index contributed by atoms with van der Waals surface area (Å²) in [5.41, 5.74) is 2.89. The molecule has 2 aromatic carbocycles. The second-order valence-corrected chi connectivity index (χ2v) is 8.86. The number of sulfonamides is 1. The topological polar surface area (TPSA) is 66.5 Å². The predicted octanol–water partition coefficient (Wildman–Crippen LogP) is 3.98. The normalized spacial score (nSPS) is 15.5. The van der Waals surface area contributed by atoms with Gasteiger partial charge >= 0.3 is 0 Å². The molecule has 0 unspecified atom stereocenters. The van der Waals surface area contributed by atoms with E-state index in [0.717, 1.165) is 25.7 Å². The molecule has 1 saturated heterocycles. The van der Waals surface area contributed by atoms with Crippen molar-refractivity contribution >= 4 is 21.6 Å². The number of hydrogen-bond donors (Lipinski definition) is 1. The van der Waals surface area contributed by atoms with Crippen LogP contribution >= 0.6 is 0 Å². The Kier molecular flexibility index (Phi) is 5.97. The van der Waals surface area contributed by atoms with Crippen LogP contribution in [0.5, 0.6) is 0 Å². The smallest absolute Gasteiger partial charge is 0.255 e. The Balaban J connectivity index is 1.84. The summed E-state index contributed by atoms with van der Waals surface area (Å²) in [5.74, 6) is -0.311. The van der Waals surface area contributed by atoms with Crippen LogP contribution in [0.2, 0.25) is 0 Å². The first-order valence-corrected chi connectivity index (χ1v) is 10.9. The maximum Gasteiger partial charge on any atom is 0.255 e. The van der Waals surface area contributed by atoms with E-state index in [4.69, 9.17) is 0 Å². The molecule has 0 atom stereocenters. The number of carbonyl (C=O) groups is 1. The Hall–Kier alpha value is -2.18. The third-order valence-corrected chi connectivity index (χ3v) is 7.04. The van der Waals surface area contributed by atoms with Crippen LogP contribution in [0.4, 0.5) is 5.69 Å². The first kappa shape index (κ1) is 19.6. The lowest BCUT2D eigenvalue weighted by molar-refractivity contribution is 0.102. The molecule has 1 fully saturated rings. The largest absolute Gasteiger partial charge is 0.322 e. The van der Waals surface area contributed by atoms with Gasteiger partial charge in [0, 0.05) is 24.3 Å². The van der Waals surface area contributed by atoms with Crippen LogP contribution in [0.25, 0.3) is 0 Å². The molecule has 2 aromatic rings. The Labute approximate surface area is 161 Å². The van der Waals surface area contributed by atoms with E-state index in [0.29, 0.717) is 29.9 Å². The van der Waals surface area contributed by atoms with Crippen LogP contribution in [-0.4, -0.2) is 31.7 Å². The predicted molar refractivity (Wildman–Crippen MR) is 108 cm³/mol. The van der Waals surface area contributed by atoms with E-state index in [1.807, 2.05) is 24.3 Å². The van der Waals surface area contributed by atoms with Gasteiger partial charge in [-0.3, -0.25) is 4.79 Å². The van der Waals surface area contributed by atoms with Gasteiger partial charge in [-0.1, -0.05) is 31.5 Å². The summed E-state index contributed by atoms with van der Waals surface area (Å²) in [6, 6.07) is 12.5. The maximum atomic E-state index is 13.0. The van der Waals surface area contributed by atoms with Gasteiger partial charge in [0.15, 0.2) is 0 Å². The number of rotatable bonds is 5. The number of nitrogens with one attached hydrogen (secondary N) is 1. The molecule has 144 valence electrons. The first-order valence-electron chi connectivity index (χ1n) is 9.43. The lowest BCUT2D eigenvalue weighted by Crippen LogP contribution is -2.36. The highest BCUT2D eigenvalue weighted by molar-refractivity contribution is 7.89. The zero-order chi connectivity index (χ0) is 19.4. The van der Waals surface area contributed by atoms with Crippen LogP contribution in [0.3, 0.4) is 0 Å². The average molecular weight is 387 g/mol. The summed E-state index contributed by atoms with van der Waals surface area (Å²) in [4.78, 5) is 12.8. The fraction of sp³-hybridized carbons (Fsp3) is 0.381. The second kappa shape index (κ2) is 8.23. The summed E-state index contributed by atoms with van der Waals surface area (Å²) in [6.45, 7) is 4.93. The molecule has 0 aliphatic carbocycles. The number of aryl methyl sites for hydroxylation is 2. The van der Waals surface area contributed by atoms with E-state index in [-0.39, 0.29) is 10.8 Å². The number of benzene rings is 2. The quantitative estimate of drug-likeness (QED) is 0.845. The first-order chi connectivity index (χ1) is 12.9. The Bertz CT molecular complexity index is 915. The van der Waals surface area contributed by atoms with Gasteiger partial charge in [0.1, 0.15) is 0 Å². The van der Waals surface area contributed by atoms with Crippen molar-refractivity contribution in [2.75, 3.05) is 18.4 Å². The molecular formula is C21H26N2O3S. The van der Waals surface area contributed by atoms with Crippen molar-refractivity contribution in [3.05, 3.63) is 59.2 Å². The zero-order valence-corrected chi connectivity index (χ0v) is 16.7. The molecule has 1 aliphatic rings. The molecule has 0 radical (unpaired) electrons. The van der Waals surface area contributed by atoms with Gasteiger partial charge in [-0.15, -0.1) is 0 Å². The fourth-order valence-electron chi connectivity index (χ4n) is 3.29. The average Bonchev–Trinajstić information content (AvgIpc) is 2.69. The number of amides is 1. The van der Waals surface area contributed by atoms with Gasteiger partial charge in [-0.05, 0) is 61.6 Å². The zero-order valence-electron chi connectivity index (χ0n) is 15.9. The van der Waals surface area contributed by atoms with Gasteiger partial charge in [0.05, 0.1) is 4.90 Å². The highest BCUT2D eigenvalue weighted by atomic mass is 32.2. The monoisotopic (exact) mass is 386 g/mol. The summed E-state index contributed by atoms with van der Waals surface area (Å²) in [7, 11) is -3.58. The van der Waals surface area contributed by atoms with Crippen LogP contribution < -0.4 is 5.32 Å². The standard InChI is InChI=1S/C21H26N2O3S/c1-3-17-8-11-19(12-9-17)22-21(24)18-10-7-16(2)20(15-18)27(25,26)23-13-5-4-6-14-23/h7-12,15H,3-6,13-14H2,1-2H3,(H,22,24). The van der Waals surface area contributed by atoms with Crippen LogP contribution in [-0.2, 0) is 16.4 Å². The van der Waals surface area contributed by atoms with Crippen molar-refractivity contribution < 1.29 is 13.2 Å². The third-order valence-electron chi connectivity index (χ3n) is 5.00. The van der Waals surface area contributed by atoms with Crippen LogP contribution in [0.15, 0.2) is 47.4 Å². The highest BCUT2D eigenvalue weighted by Crippen LogP contribution is 2.25. The molecular weight excluding hydrogens is 360 g/mol. The summed E-state index contributed by atoms with van der Waals surface area (Å²) in [5, 5.41) is 2.84. The van der Waals surface area contributed by atoms with E-state index in [1.165, 1.54) is 15.9 Å². The molecule has 27 heavy (non-hydrogen) atoms. The minimum absolute atomic E-state index is 0.221. The SMILES string of the molecule is CCc1ccc(NC(=O)c2ccc(C)c(S(=O)(=O)N3CCCCC3)c2)cc1. The van der Waals surface area contributed by atoms with E-state index in [1.54, 1.807) is 19.1 Å². The van der Waals surface area contributed by atoms with Gasteiger partial charge < -0.3 is 5.32 Å². The number of piperidine rings is 1. The lowest BCUT2D eigenvalue weighted by Gasteiger charge is -2.26. The van der Waals surface area contributed by atoms with Gasteiger partial charge in [-0.2, -0.15) is 4.31 Å². The minimum atomic E-state index is -3.58. The molecule has 0 aromatic heterocycles. The molecule has 1 heterocycles. The molecule has 0 spiro atoms. The number of nitrogens with zero attached hydrogens (tertiary/aromatic N) is 1. The molecule has 0 bridgehead atoms. The number of carbonyl (C=O) groups excluding carboxylic acids is 1. The molecule has 6 heteroatoms. The Morgan fingerprint density at radius 3 is 2.33 bits per heavy atom. The lowest BCUT2D eigenvalue weighted by atomic mass is 10.1. The van der Waals surface area contributed by atoms with E-state index < -0.39 is 10.0 Å². The second-order valence-electron chi connectivity index (χ2n) is 6.95. The van der Waals surface area contributed by atoms with Crippen molar-refractivity contribution in [2.45, 2.75) is 44.4 Å². The molecule has 5 nitrogen and oxygen atoms in total. The molecule has 3 rings (SSSR count). The van der Waals surface area contributed by atoms with Gasteiger partial charge in [0.2, 0.25) is 10.0 Å². The van der Waals surface area contributed by atoms with Crippen molar-refractivity contribution in [2.24, 2.45) is 0 Å². The van der Waals surface area contributed by atoms with Crippen molar-refractivity contribution in [1.29, 1.82) is 0 Å². The highest BCUT2D eigenvalue weighted by Gasteiger charge is 2.28. The molecule has 1 amide bonds. The number of hydrogen-bond acceptors (Lipinski definition) is 3. The molecule has 0 saturated carbocycles. The van der Waals surface area contributed by atoms with Gasteiger partial charge in [0.25, 0.3) is 5.91 Å². The van der Waals surface area contributed by atoms with E-state index in [9.17, 15) is 13.2 Å². The fourth-order valence-corrected chi connectivity index (χ4v) is 5.06. The Morgan fingerprint density at radius 2 is 1.70 bits per heavy atom. The van der Waals surface area contributed by atoms with E-state index >= 15 is 0 Å². The van der Waals surface area contributed by atoms with Crippen molar-refractivity contribution in [1.82, 2.24) is 4.31 Å². The maximum absolute atomic E-state index is 13.0. The van der Waals surface area contributed by atoms with Crippen LogP contribution in [0.1, 0.15) is 47.7 Å². The summed E-state index contributed by atoms with van der Waals surface area (Å²) < 4.78 is 27.5. The third kappa shape index (κ3) is 4.39. The van der Waals surface area contributed by atoms with Crippen molar-refractivity contribution in [3.63, 3.8) is 0 Å². The molecule has 1 aliphatic heterocycles.